The van der Waals surface area contributed by atoms with E-state index in [9.17, 15) is 9.59 Å². The van der Waals surface area contributed by atoms with Crippen LogP contribution in [0.4, 0.5) is 0 Å². The summed E-state index contributed by atoms with van der Waals surface area (Å²) < 4.78 is 0. The van der Waals surface area contributed by atoms with Crippen LogP contribution in [-0.4, -0.2) is 18.2 Å². The molecular weight excluding hydrogens is 358 g/mol. The second kappa shape index (κ2) is 7.89. The maximum atomic E-state index is 13.5. The fourth-order valence-corrected chi connectivity index (χ4v) is 6.80. The molecule has 158 valence electrons. The van der Waals surface area contributed by atoms with E-state index in [1.165, 1.54) is 48.8 Å². The van der Waals surface area contributed by atoms with E-state index >= 15 is 0 Å². The number of rotatable bonds is 8. The Morgan fingerprint density at radius 3 is 2.72 bits per heavy atom. The summed E-state index contributed by atoms with van der Waals surface area (Å²) in [6, 6.07) is 6.49. The third-order valence-electron chi connectivity index (χ3n) is 8.25. The molecule has 1 aromatic rings. The SMILES string of the molecule is CCCCCCCCNC(=O)[C@H]1c2c(C)cccc2[C@H]2CC[C@@]3(C)C[C@]21CC3=O. The molecule has 3 aliphatic carbocycles. The van der Waals surface area contributed by atoms with Gasteiger partial charge in [0.2, 0.25) is 5.91 Å². The van der Waals surface area contributed by atoms with Gasteiger partial charge in [-0.2, -0.15) is 0 Å². The molecule has 3 aliphatic rings. The minimum absolute atomic E-state index is 0.158. The Hall–Kier alpha value is -1.64. The van der Waals surface area contributed by atoms with Crippen molar-refractivity contribution in [2.45, 2.75) is 96.8 Å². The second-order valence-corrected chi connectivity index (χ2v) is 10.2. The normalized spacial score (nSPS) is 32.2. The van der Waals surface area contributed by atoms with Gasteiger partial charge in [-0.15, -0.1) is 0 Å². The van der Waals surface area contributed by atoms with Crippen LogP contribution in [-0.2, 0) is 9.59 Å². The average molecular weight is 396 g/mol. The number of unbranched alkanes of at least 4 members (excludes halogenated alkanes) is 5. The predicted octanol–water partition coefficient (Wildman–Crippen LogP) is 5.80. The molecule has 2 bridgehead atoms. The van der Waals surface area contributed by atoms with E-state index in [0.717, 1.165) is 32.2 Å². The molecule has 1 N–H and O–H groups in total. The van der Waals surface area contributed by atoms with Gasteiger partial charge >= 0.3 is 0 Å². The number of carbonyl (C=O) groups is 2. The molecule has 0 aliphatic heterocycles. The fourth-order valence-electron chi connectivity index (χ4n) is 6.80. The number of carbonyl (C=O) groups excluding carboxylic acids is 2. The Labute approximate surface area is 176 Å². The van der Waals surface area contributed by atoms with Gasteiger partial charge in [0.1, 0.15) is 5.78 Å². The van der Waals surface area contributed by atoms with Crippen LogP contribution in [0.3, 0.4) is 0 Å². The zero-order valence-corrected chi connectivity index (χ0v) is 18.5. The van der Waals surface area contributed by atoms with Crippen molar-refractivity contribution >= 4 is 11.7 Å². The van der Waals surface area contributed by atoms with Crippen LogP contribution in [0.5, 0.6) is 0 Å². The molecule has 0 radical (unpaired) electrons. The molecule has 1 aromatic carbocycles. The molecule has 0 saturated heterocycles. The number of hydrogen-bond acceptors (Lipinski definition) is 2. The predicted molar refractivity (Wildman–Crippen MR) is 117 cm³/mol. The number of Topliss-reactive ketones (excluding diaryl/α,β-unsaturated/α-hetero) is 1. The largest absolute Gasteiger partial charge is 0.356 e. The maximum absolute atomic E-state index is 13.5. The molecule has 4 rings (SSSR count). The zero-order chi connectivity index (χ0) is 20.6. The van der Waals surface area contributed by atoms with E-state index in [1.807, 2.05) is 0 Å². The molecule has 0 aromatic heterocycles. The number of benzene rings is 1. The summed E-state index contributed by atoms with van der Waals surface area (Å²) in [6.45, 7) is 7.27. The lowest BCUT2D eigenvalue weighted by molar-refractivity contribution is -0.126. The van der Waals surface area contributed by atoms with Crippen molar-refractivity contribution < 1.29 is 9.59 Å². The quantitative estimate of drug-likeness (QED) is 0.565. The van der Waals surface area contributed by atoms with Crippen molar-refractivity contribution in [1.29, 1.82) is 0 Å². The number of aryl methyl sites for hydroxylation is 1. The smallest absolute Gasteiger partial charge is 0.228 e. The van der Waals surface area contributed by atoms with Crippen LogP contribution in [0.1, 0.15) is 107 Å². The summed E-state index contributed by atoms with van der Waals surface area (Å²) in [5.41, 5.74) is 3.39. The van der Waals surface area contributed by atoms with Gasteiger partial charge in [0, 0.05) is 23.8 Å². The van der Waals surface area contributed by atoms with Crippen molar-refractivity contribution in [3.63, 3.8) is 0 Å². The molecule has 2 saturated carbocycles. The van der Waals surface area contributed by atoms with Crippen LogP contribution < -0.4 is 5.32 Å². The van der Waals surface area contributed by atoms with E-state index in [4.69, 9.17) is 0 Å². The minimum atomic E-state index is -0.218. The summed E-state index contributed by atoms with van der Waals surface area (Å²) in [6.07, 6.45) is 10.8. The summed E-state index contributed by atoms with van der Waals surface area (Å²) in [4.78, 5) is 26.5. The van der Waals surface area contributed by atoms with Crippen molar-refractivity contribution in [3.8, 4) is 0 Å². The number of fused-ring (bicyclic) bond motifs is 3. The van der Waals surface area contributed by atoms with Gasteiger partial charge in [0.25, 0.3) is 0 Å². The highest BCUT2D eigenvalue weighted by Crippen LogP contribution is 2.71. The monoisotopic (exact) mass is 395 g/mol. The van der Waals surface area contributed by atoms with Gasteiger partial charge in [-0.05, 0) is 55.2 Å². The highest BCUT2D eigenvalue weighted by atomic mass is 16.2. The van der Waals surface area contributed by atoms with Crippen molar-refractivity contribution in [2.75, 3.05) is 6.54 Å². The second-order valence-electron chi connectivity index (χ2n) is 10.2. The number of hydrogen-bond donors (Lipinski definition) is 1. The van der Waals surface area contributed by atoms with Gasteiger partial charge in [-0.1, -0.05) is 64.2 Å². The lowest BCUT2D eigenvalue weighted by atomic mass is 9.60. The Balaban J connectivity index is 1.53. The molecule has 3 nitrogen and oxygen atoms in total. The first-order chi connectivity index (χ1) is 13.9. The van der Waals surface area contributed by atoms with Gasteiger partial charge in [-0.3, -0.25) is 9.59 Å². The third-order valence-corrected chi connectivity index (χ3v) is 8.25. The van der Waals surface area contributed by atoms with Crippen LogP contribution in [0.15, 0.2) is 18.2 Å². The Morgan fingerprint density at radius 1 is 1.17 bits per heavy atom. The molecule has 2 fully saturated rings. The molecule has 0 unspecified atom stereocenters. The molecular formula is C26H37NO2. The number of nitrogens with one attached hydrogen (secondary N) is 1. The minimum Gasteiger partial charge on any atom is -0.356 e. The van der Waals surface area contributed by atoms with Gasteiger partial charge in [-0.25, -0.2) is 0 Å². The molecule has 0 heterocycles. The summed E-state index contributed by atoms with van der Waals surface area (Å²) >= 11 is 0. The highest BCUT2D eigenvalue weighted by molar-refractivity contribution is 5.94. The van der Waals surface area contributed by atoms with E-state index in [2.05, 4.69) is 44.3 Å². The van der Waals surface area contributed by atoms with Crippen LogP contribution >= 0.6 is 0 Å². The van der Waals surface area contributed by atoms with Crippen molar-refractivity contribution in [2.24, 2.45) is 10.8 Å². The lowest BCUT2D eigenvalue weighted by Gasteiger charge is -2.42. The van der Waals surface area contributed by atoms with E-state index in [-0.39, 0.29) is 22.7 Å². The lowest BCUT2D eigenvalue weighted by Crippen LogP contribution is -2.41. The van der Waals surface area contributed by atoms with E-state index in [0.29, 0.717) is 18.1 Å². The van der Waals surface area contributed by atoms with E-state index < -0.39 is 0 Å². The van der Waals surface area contributed by atoms with Crippen LogP contribution in [0, 0.1) is 17.8 Å². The van der Waals surface area contributed by atoms with Crippen molar-refractivity contribution in [3.05, 3.63) is 34.9 Å². The molecule has 3 heteroatoms. The average Bonchev–Trinajstić information content (AvgIpc) is 3.08. The standard InChI is InChI=1S/C26H37NO2/c1-4-5-6-7-8-9-15-27-24(29)23-22-18(2)11-10-12-19(22)20-13-14-25(3)17-26(20,23)16-21(25)28/h10-12,20,23H,4-9,13-17H2,1-3H3,(H,27,29)/t20-,23-,25+,26-/m1/s1. The van der Waals surface area contributed by atoms with Crippen LogP contribution in [0.2, 0.25) is 0 Å². The first-order valence-corrected chi connectivity index (χ1v) is 11.8. The van der Waals surface area contributed by atoms with Gasteiger partial charge in [0.05, 0.1) is 5.92 Å². The maximum Gasteiger partial charge on any atom is 0.228 e. The summed E-state index contributed by atoms with van der Waals surface area (Å²) in [5.74, 6) is 0.756. The molecule has 29 heavy (non-hydrogen) atoms. The van der Waals surface area contributed by atoms with Crippen molar-refractivity contribution in [1.82, 2.24) is 5.32 Å². The first-order valence-electron chi connectivity index (χ1n) is 11.8. The van der Waals surface area contributed by atoms with Crippen LogP contribution in [0.25, 0.3) is 0 Å². The number of ketones is 1. The van der Waals surface area contributed by atoms with E-state index in [1.54, 1.807) is 0 Å². The summed E-state index contributed by atoms with van der Waals surface area (Å²) in [5, 5.41) is 3.27. The third kappa shape index (κ3) is 3.35. The highest BCUT2D eigenvalue weighted by Gasteiger charge is 2.66. The molecule has 4 atom stereocenters. The zero-order valence-electron chi connectivity index (χ0n) is 18.5. The van der Waals surface area contributed by atoms with Gasteiger partial charge in [0.15, 0.2) is 0 Å². The van der Waals surface area contributed by atoms with Gasteiger partial charge < -0.3 is 5.32 Å². The Morgan fingerprint density at radius 2 is 1.93 bits per heavy atom. The fraction of sp³-hybridized carbons (Fsp3) is 0.692. The topological polar surface area (TPSA) is 46.2 Å². The Bertz CT molecular complexity index is 800. The first kappa shape index (κ1) is 20.6. The number of amides is 1. The molecule has 1 amide bonds. The summed E-state index contributed by atoms with van der Waals surface area (Å²) in [7, 11) is 0. The molecule has 1 spiro atoms. The Kier molecular flexibility index (Phi) is 5.61.